The van der Waals surface area contributed by atoms with Crippen LogP contribution in [0.2, 0.25) is 0 Å². The molecule has 1 aromatic rings. The second-order valence-electron chi connectivity index (χ2n) is 5.39. The first kappa shape index (κ1) is 14.9. The molecule has 0 spiro atoms. The quantitative estimate of drug-likeness (QED) is 0.840. The fraction of sp³-hybridized carbons (Fsp3) is 0.600. The van der Waals surface area contributed by atoms with Crippen molar-refractivity contribution in [3.05, 3.63) is 35.4 Å². The molecule has 1 aliphatic heterocycles. The van der Waals surface area contributed by atoms with Crippen molar-refractivity contribution in [1.82, 2.24) is 5.32 Å². The first-order valence-electron chi connectivity index (χ1n) is 6.73. The van der Waals surface area contributed by atoms with Gasteiger partial charge in [-0.05, 0) is 18.1 Å². The van der Waals surface area contributed by atoms with Crippen molar-refractivity contribution in [2.75, 3.05) is 26.0 Å². The fourth-order valence-corrected chi connectivity index (χ4v) is 3.44. The van der Waals surface area contributed by atoms with Gasteiger partial charge in [0.15, 0.2) is 0 Å². The first-order chi connectivity index (χ1) is 9.12. The Morgan fingerprint density at radius 3 is 3.05 bits per heavy atom. The maximum atomic E-state index is 10.3. The van der Waals surface area contributed by atoms with Crippen molar-refractivity contribution in [2.45, 2.75) is 30.7 Å². The van der Waals surface area contributed by atoms with E-state index >= 15 is 0 Å². The van der Waals surface area contributed by atoms with Gasteiger partial charge < -0.3 is 15.2 Å². The van der Waals surface area contributed by atoms with E-state index in [1.807, 2.05) is 18.7 Å². The Balaban J connectivity index is 1.94. The Morgan fingerprint density at radius 1 is 1.47 bits per heavy atom. The summed E-state index contributed by atoms with van der Waals surface area (Å²) < 4.78 is 5.03. The van der Waals surface area contributed by atoms with Gasteiger partial charge in [0.05, 0.1) is 5.60 Å². The molecule has 1 heterocycles. The van der Waals surface area contributed by atoms with Crippen LogP contribution in [0.5, 0.6) is 0 Å². The molecule has 0 bridgehead atoms. The molecule has 1 aliphatic rings. The molecule has 3 nitrogen and oxygen atoms in total. The van der Waals surface area contributed by atoms with Crippen molar-refractivity contribution in [3.8, 4) is 0 Å². The standard InChI is InChI=1S/C15H23NO2S/c1-15(17,7-8-18-2)11-16-14-10-19-9-12-5-3-4-6-13(12)14/h3-6,14,16-17H,7-11H2,1-2H3. The maximum Gasteiger partial charge on any atom is 0.0765 e. The lowest BCUT2D eigenvalue weighted by atomic mass is 9.99. The number of methoxy groups -OCH3 is 1. The minimum Gasteiger partial charge on any atom is -0.389 e. The maximum absolute atomic E-state index is 10.3. The summed E-state index contributed by atoms with van der Waals surface area (Å²) in [7, 11) is 1.66. The van der Waals surface area contributed by atoms with Gasteiger partial charge in [-0.15, -0.1) is 0 Å². The summed E-state index contributed by atoms with van der Waals surface area (Å²) in [6, 6.07) is 8.91. The summed E-state index contributed by atoms with van der Waals surface area (Å²) in [6.45, 7) is 3.04. The summed E-state index contributed by atoms with van der Waals surface area (Å²) in [6.07, 6.45) is 0.651. The average molecular weight is 281 g/mol. The lowest BCUT2D eigenvalue weighted by molar-refractivity contribution is 0.0232. The molecular formula is C15H23NO2S. The van der Waals surface area contributed by atoms with E-state index in [1.54, 1.807) is 7.11 Å². The first-order valence-corrected chi connectivity index (χ1v) is 7.88. The number of hydrogen-bond donors (Lipinski definition) is 2. The molecule has 0 radical (unpaired) electrons. The molecule has 2 atom stereocenters. The number of rotatable bonds is 6. The van der Waals surface area contributed by atoms with Gasteiger partial charge in [0.2, 0.25) is 0 Å². The Hall–Kier alpha value is -0.550. The van der Waals surface area contributed by atoms with Gasteiger partial charge in [-0.3, -0.25) is 0 Å². The minimum absolute atomic E-state index is 0.337. The minimum atomic E-state index is -0.715. The highest BCUT2D eigenvalue weighted by Gasteiger charge is 2.24. The van der Waals surface area contributed by atoms with E-state index in [4.69, 9.17) is 4.74 Å². The lowest BCUT2D eigenvalue weighted by Gasteiger charge is -2.30. The van der Waals surface area contributed by atoms with E-state index in [2.05, 4.69) is 29.6 Å². The fourth-order valence-electron chi connectivity index (χ4n) is 2.30. The van der Waals surface area contributed by atoms with Crippen molar-refractivity contribution >= 4 is 11.8 Å². The third-order valence-corrected chi connectivity index (χ3v) is 4.63. The van der Waals surface area contributed by atoms with Gasteiger partial charge in [-0.25, -0.2) is 0 Å². The number of hydrogen-bond acceptors (Lipinski definition) is 4. The molecule has 0 aromatic heterocycles. The summed E-state index contributed by atoms with van der Waals surface area (Å²) in [5.41, 5.74) is 2.07. The highest BCUT2D eigenvalue weighted by molar-refractivity contribution is 7.98. The molecule has 0 saturated heterocycles. The van der Waals surface area contributed by atoms with Crippen LogP contribution in [0.4, 0.5) is 0 Å². The zero-order chi connectivity index (χ0) is 13.7. The van der Waals surface area contributed by atoms with Crippen molar-refractivity contribution in [3.63, 3.8) is 0 Å². The Bertz CT molecular complexity index is 409. The third kappa shape index (κ3) is 4.21. The summed E-state index contributed by atoms with van der Waals surface area (Å²) in [5, 5.41) is 13.8. The van der Waals surface area contributed by atoms with Gasteiger partial charge in [0.25, 0.3) is 0 Å². The van der Waals surface area contributed by atoms with Crippen LogP contribution >= 0.6 is 11.8 Å². The van der Waals surface area contributed by atoms with Crippen LogP contribution in [0.25, 0.3) is 0 Å². The average Bonchev–Trinajstić information content (AvgIpc) is 2.43. The van der Waals surface area contributed by atoms with Crippen LogP contribution in [0.1, 0.15) is 30.5 Å². The second kappa shape index (κ2) is 6.75. The molecule has 19 heavy (non-hydrogen) atoms. The number of thioether (sulfide) groups is 1. The van der Waals surface area contributed by atoms with Gasteiger partial charge >= 0.3 is 0 Å². The number of benzene rings is 1. The highest BCUT2D eigenvalue weighted by atomic mass is 32.2. The Labute approximate surface area is 119 Å². The summed E-state index contributed by atoms with van der Waals surface area (Å²) in [5.74, 6) is 2.16. The van der Waals surface area contributed by atoms with Crippen LogP contribution in [0.3, 0.4) is 0 Å². The number of aliphatic hydroxyl groups is 1. The van der Waals surface area contributed by atoms with E-state index in [0.717, 1.165) is 11.5 Å². The van der Waals surface area contributed by atoms with Crippen LogP contribution in [0.15, 0.2) is 24.3 Å². The molecule has 2 N–H and O–H groups in total. The topological polar surface area (TPSA) is 41.5 Å². The van der Waals surface area contributed by atoms with E-state index in [9.17, 15) is 5.11 Å². The molecule has 1 aromatic carbocycles. The smallest absolute Gasteiger partial charge is 0.0765 e. The predicted octanol–water partition coefficient (Wildman–Crippen LogP) is 2.35. The SMILES string of the molecule is COCCC(C)(O)CNC1CSCc2ccccc21. The molecule has 4 heteroatoms. The molecule has 0 amide bonds. The van der Waals surface area contributed by atoms with Gasteiger partial charge in [-0.1, -0.05) is 24.3 Å². The van der Waals surface area contributed by atoms with Crippen LogP contribution in [0, 0.1) is 0 Å². The normalized spacial score (nSPS) is 21.7. The van der Waals surface area contributed by atoms with E-state index in [-0.39, 0.29) is 0 Å². The molecule has 0 fully saturated rings. The van der Waals surface area contributed by atoms with Crippen molar-refractivity contribution in [2.24, 2.45) is 0 Å². The van der Waals surface area contributed by atoms with Crippen LogP contribution in [-0.2, 0) is 10.5 Å². The Morgan fingerprint density at radius 2 is 2.26 bits per heavy atom. The molecule has 106 valence electrons. The van der Waals surface area contributed by atoms with Gasteiger partial charge in [0.1, 0.15) is 0 Å². The molecule has 2 rings (SSSR count). The number of fused-ring (bicyclic) bond motifs is 1. The van der Waals surface area contributed by atoms with E-state index in [0.29, 0.717) is 25.6 Å². The molecule has 0 aliphatic carbocycles. The van der Waals surface area contributed by atoms with Crippen LogP contribution in [-0.4, -0.2) is 36.7 Å². The van der Waals surface area contributed by atoms with Crippen molar-refractivity contribution < 1.29 is 9.84 Å². The van der Waals surface area contributed by atoms with Crippen LogP contribution < -0.4 is 5.32 Å². The number of nitrogens with one attached hydrogen (secondary N) is 1. The monoisotopic (exact) mass is 281 g/mol. The van der Waals surface area contributed by atoms with Gasteiger partial charge in [-0.2, -0.15) is 11.8 Å². The summed E-state index contributed by atoms with van der Waals surface area (Å²) in [4.78, 5) is 0. The number of ether oxygens (including phenoxy) is 1. The summed E-state index contributed by atoms with van der Waals surface area (Å²) >= 11 is 1.95. The highest BCUT2D eigenvalue weighted by Crippen LogP contribution is 2.31. The zero-order valence-corrected chi connectivity index (χ0v) is 12.5. The lowest BCUT2D eigenvalue weighted by Crippen LogP contribution is -2.41. The zero-order valence-electron chi connectivity index (χ0n) is 11.7. The second-order valence-corrected chi connectivity index (χ2v) is 6.42. The molecule has 2 unspecified atom stereocenters. The largest absolute Gasteiger partial charge is 0.389 e. The molecular weight excluding hydrogens is 258 g/mol. The van der Waals surface area contributed by atoms with Gasteiger partial charge in [0, 0.05) is 44.2 Å². The Kier molecular flexibility index (Phi) is 5.28. The third-order valence-electron chi connectivity index (χ3n) is 3.55. The van der Waals surface area contributed by atoms with E-state index < -0.39 is 5.60 Å². The van der Waals surface area contributed by atoms with E-state index in [1.165, 1.54) is 11.1 Å². The van der Waals surface area contributed by atoms with Crippen molar-refractivity contribution in [1.29, 1.82) is 0 Å². The molecule has 0 saturated carbocycles. The predicted molar refractivity (Wildman–Crippen MR) is 80.5 cm³/mol.